The summed E-state index contributed by atoms with van der Waals surface area (Å²) in [5.74, 6) is -0.571. The van der Waals surface area contributed by atoms with Crippen molar-refractivity contribution in [1.82, 2.24) is 5.32 Å². The maximum absolute atomic E-state index is 13.4. The molecule has 0 fully saturated rings. The first-order valence-corrected chi connectivity index (χ1v) is 5.14. The van der Waals surface area contributed by atoms with Gasteiger partial charge in [-0.2, -0.15) is 0 Å². The molecule has 1 aromatic rings. The van der Waals surface area contributed by atoms with Gasteiger partial charge in [0.25, 0.3) is 0 Å². The normalized spacial score (nSPS) is 14.2. The fourth-order valence-corrected chi connectivity index (χ4v) is 1.34. The van der Waals surface area contributed by atoms with Crippen LogP contribution in [0.4, 0.5) is 4.39 Å². The average molecular weight is 225 g/mol. The van der Waals surface area contributed by atoms with Gasteiger partial charge in [0.15, 0.2) is 0 Å². The molecule has 0 aliphatic heterocycles. The topological polar surface area (TPSA) is 38.3 Å². The largest absolute Gasteiger partial charge is 0.372 e. The van der Waals surface area contributed by atoms with Crippen LogP contribution in [-0.4, -0.2) is 19.1 Å². The molecule has 0 heterocycles. The van der Waals surface area contributed by atoms with Gasteiger partial charge in [-0.05, 0) is 19.9 Å². The minimum absolute atomic E-state index is 0.252. The number of benzene rings is 1. The molecule has 0 bridgehead atoms. The van der Waals surface area contributed by atoms with E-state index in [1.54, 1.807) is 32.0 Å². The first kappa shape index (κ1) is 12.6. The van der Waals surface area contributed by atoms with Crippen LogP contribution in [0.15, 0.2) is 24.3 Å². The van der Waals surface area contributed by atoms with Crippen molar-refractivity contribution in [2.45, 2.75) is 26.0 Å². The zero-order valence-corrected chi connectivity index (χ0v) is 9.66. The third kappa shape index (κ3) is 3.03. The number of ether oxygens (including phenoxy) is 1. The standard InChI is InChI=1S/C12H16FNO2/c1-8(14-12(15)9(2)16-3)10-6-4-5-7-11(10)13/h4-9H,1-3H3,(H,14,15)/t8-,9?/m1/s1. The van der Waals surface area contributed by atoms with E-state index in [1.165, 1.54) is 13.2 Å². The number of amides is 1. The molecule has 88 valence electrons. The molecule has 16 heavy (non-hydrogen) atoms. The highest BCUT2D eigenvalue weighted by Crippen LogP contribution is 2.16. The lowest BCUT2D eigenvalue weighted by molar-refractivity contribution is -0.130. The van der Waals surface area contributed by atoms with E-state index in [1.807, 2.05) is 0 Å². The van der Waals surface area contributed by atoms with Gasteiger partial charge < -0.3 is 10.1 Å². The lowest BCUT2D eigenvalue weighted by atomic mass is 10.1. The summed E-state index contributed by atoms with van der Waals surface area (Å²) in [5, 5.41) is 2.68. The van der Waals surface area contributed by atoms with Gasteiger partial charge in [0.05, 0.1) is 6.04 Å². The summed E-state index contributed by atoms with van der Waals surface area (Å²) in [4.78, 5) is 11.5. The van der Waals surface area contributed by atoms with Gasteiger partial charge in [-0.3, -0.25) is 4.79 Å². The van der Waals surface area contributed by atoms with E-state index in [0.717, 1.165) is 0 Å². The third-order valence-electron chi connectivity index (χ3n) is 2.45. The first-order chi connectivity index (χ1) is 7.56. The summed E-state index contributed by atoms with van der Waals surface area (Å²) in [6.07, 6.45) is -0.533. The van der Waals surface area contributed by atoms with E-state index in [4.69, 9.17) is 4.74 Å². The van der Waals surface area contributed by atoms with E-state index >= 15 is 0 Å². The van der Waals surface area contributed by atoms with E-state index < -0.39 is 6.10 Å². The zero-order valence-electron chi connectivity index (χ0n) is 9.66. The maximum atomic E-state index is 13.4. The molecule has 4 heteroatoms. The quantitative estimate of drug-likeness (QED) is 0.851. The Morgan fingerprint density at radius 3 is 2.56 bits per heavy atom. The zero-order chi connectivity index (χ0) is 12.1. The number of nitrogens with one attached hydrogen (secondary N) is 1. The predicted molar refractivity (Wildman–Crippen MR) is 59.4 cm³/mol. The number of methoxy groups -OCH3 is 1. The summed E-state index contributed by atoms with van der Waals surface area (Å²) < 4.78 is 18.3. The number of carbonyl (C=O) groups is 1. The third-order valence-corrected chi connectivity index (χ3v) is 2.45. The van der Waals surface area contributed by atoms with Crippen LogP contribution in [0, 0.1) is 5.82 Å². The summed E-state index contributed by atoms with van der Waals surface area (Å²) in [6, 6.07) is 6.01. The van der Waals surface area contributed by atoms with Crippen molar-refractivity contribution < 1.29 is 13.9 Å². The fourth-order valence-electron chi connectivity index (χ4n) is 1.34. The first-order valence-electron chi connectivity index (χ1n) is 5.14. The van der Waals surface area contributed by atoms with Crippen molar-refractivity contribution >= 4 is 5.91 Å². The van der Waals surface area contributed by atoms with Crippen LogP contribution in [0.3, 0.4) is 0 Å². The molecule has 0 spiro atoms. The molecule has 3 nitrogen and oxygen atoms in total. The van der Waals surface area contributed by atoms with Crippen LogP contribution in [0.5, 0.6) is 0 Å². The summed E-state index contributed by atoms with van der Waals surface area (Å²) >= 11 is 0. The molecule has 0 saturated heterocycles. The van der Waals surface area contributed by atoms with Crippen molar-refractivity contribution in [3.63, 3.8) is 0 Å². The van der Waals surface area contributed by atoms with Crippen LogP contribution in [0.1, 0.15) is 25.5 Å². The monoisotopic (exact) mass is 225 g/mol. The molecule has 1 unspecified atom stereocenters. The minimum atomic E-state index is -0.533. The number of carbonyl (C=O) groups excluding carboxylic acids is 1. The lowest BCUT2D eigenvalue weighted by Crippen LogP contribution is -2.35. The van der Waals surface area contributed by atoms with Crippen molar-refractivity contribution in [3.05, 3.63) is 35.6 Å². The van der Waals surface area contributed by atoms with Crippen LogP contribution >= 0.6 is 0 Å². The number of hydrogen-bond acceptors (Lipinski definition) is 2. The highest BCUT2D eigenvalue weighted by atomic mass is 19.1. The van der Waals surface area contributed by atoms with Gasteiger partial charge >= 0.3 is 0 Å². The highest BCUT2D eigenvalue weighted by molar-refractivity contribution is 5.80. The number of halogens is 1. The second kappa shape index (κ2) is 5.61. The van der Waals surface area contributed by atoms with Crippen molar-refractivity contribution in [2.24, 2.45) is 0 Å². The van der Waals surface area contributed by atoms with Crippen LogP contribution in [-0.2, 0) is 9.53 Å². The van der Waals surface area contributed by atoms with Gasteiger partial charge in [-0.15, -0.1) is 0 Å². The second-order valence-corrected chi connectivity index (χ2v) is 3.63. The Kier molecular flexibility index (Phi) is 4.43. The summed E-state index contributed by atoms with van der Waals surface area (Å²) in [7, 11) is 1.46. The lowest BCUT2D eigenvalue weighted by Gasteiger charge is -2.17. The average Bonchev–Trinajstić information content (AvgIpc) is 2.28. The van der Waals surface area contributed by atoms with Gasteiger partial charge in [-0.1, -0.05) is 18.2 Å². The molecule has 0 saturated carbocycles. The van der Waals surface area contributed by atoms with E-state index in [0.29, 0.717) is 5.56 Å². The summed E-state index contributed by atoms with van der Waals surface area (Å²) in [5.41, 5.74) is 0.471. The molecule has 1 amide bonds. The molecular weight excluding hydrogens is 209 g/mol. The van der Waals surface area contributed by atoms with E-state index in [2.05, 4.69) is 5.32 Å². The van der Waals surface area contributed by atoms with Gasteiger partial charge in [0, 0.05) is 12.7 Å². The van der Waals surface area contributed by atoms with Crippen molar-refractivity contribution in [2.75, 3.05) is 7.11 Å². The number of rotatable bonds is 4. The van der Waals surface area contributed by atoms with Crippen LogP contribution < -0.4 is 5.32 Å². The Hall–Kier alpha value is -1.42. The van der Waals surface area contributed by atoms with E-state index in [9.17, 15) is 9.18 Å². The maximum Gasteiger partial charge on any atom is 0.249 e. The number of hydrogen-bond donors (Lipinski definition) is 1. The molecular formula is C12H16FNO2. The Morgan fingerprint density at radius 1 is 1.38 bits per heavy atom. The Labute approximate surface area is 94.6 Å². The van der Waals surface area contributed by atoms with Gasteiger partial charge in [0.2, 0.25) is 5.91 Å². The molecule has 1 rings (SSSR count). The summed E-state index contributed by atoms with van der Waals surface area (Å²) in [6.45, 7) is 3.38. The minimum Gasteiger partial charge on any atom is -0.372 e. The Morgan fingerprint density at radius 2 is 2.00 bits per heavy atom. The van der Waals surface area contributed by atoms with Crippen LogP contribution in [0.25, 0.3) is 0 Å². The molecule has 0 radical (unpaired) electrons. The highest BCUT2D eigenvalue weighted by Gasteiger charge is 2.17. The molecule has 1 aromatic carbocycles. The molecule has 0 aliphatic rings. The molecule has 2 atom stereocenters. The van der Waals surface area contributed by atoms with E-state index in [-0.39, 0.29) is 17.8 Å². The Bertz CT molecular complexity index is 368. The van der Waals surface area contributed by atoms with Crippen LogP contribution in [0.2, 0.25) is 0 Å². The predicted octanol–water partition coefficient (Wildman–Crippen LogP) is 2.04. The molecule has 0 aromatic heterocycles. The SMILES string of the molecule is COC(C)C(=O)N[C@H](C)c1ccccc1F. The van der Waals surface area contributed by atoms with Gasteiger partial charge in [-0.25, -0.2) is 4.39 Å². The smallest absolute Gasteiger partial charge is 0.249 e. The van der Waals surface area contributed by atoms with Crippen molar-refractivity contribution in [3.8, 4) is 0 Å². The second-order valence-electron chi connectivity index (χ2n) is 3.63. The fraction of sp³-hybridized carbons (Fsp3) is 0.417. The molecule has 0 aliphatic carbocycles. The Balaban J connectivity index is 2.69. The molecule has 1 N–H and O–H groups in total. The van der Waals surface area contributed by atoms with Crippen molar-refractivity contribution in [1.29, 1.82) is 0 Å². The van der Waals surface area contributed by atoms with Gasteiger partial charge in [0.1, 0.15) is 11.9 Å².